The van der Waals surface area contributed by atoms with Gasteiger partial charge in [-0.3, -0.25) is 4.79 Å². The molecule has 1 fully saturated rings. The summed E-state index contributed by atoms with van der Waals surface area (Å²) in [6.45, 7) is 3.09. The monoisotopic (exact) mass is 344 g/mol. The van der Waals surface area contributed by atoms with Crippen molar-refractivity contribution in [2.45, 2.75) is 6.92 Å². The summed E-state index contributed by atoms with van der Waals surface area (Å²) in [6, 6.07) is 7.53. The molecule has 7 nitrogen and oxygen atoms in total. The number of aryl methyl sites for hydroxylation is 1. The molecule has 1 aromatic carbocycles. The molecule has 3 aromatic rings. The molecular weight excluding hydrogens is 328 g/mol. The molecule has 0 aliphatic carbocycles. The number of thiazole rings is 1. The highest BCUT2D eigenvalue weighted by molar-refractivity contribution is 7.22. The Labute approximate surface area is 142 Å². The molecule has 24 heavy (non-hydrogen) atoms. The van der Waals surface area contributed by atoms with Gasteiger partial charge in [0.1, 0.15) is 11.5 Å². The fourth-order valence-corrected chi connectivity index (χ4v) is 3.62. The number of hydrogen-bond donors (Lipinski definition) is 1. The normalized spacial score (nSPS) is 14.7. The summed E-state index contributed by atoms with van der Waals surface area (Å²) in [5, 5.41) is 7.48. The molecule has 124 valence electrons. The molecule has 1 saturated heterocycles. The number of carbonyl (C=O) groups is 1. The van der Waals surface area contributed by atoms with Crippen molar-refractivity contribution in [2.24, 2.45) is 5.92 Å². The highest BCUT2D eigenvalue weighted by Crippen LogP contribution is 2.34. The topological polar surface area (TPSA) is 80.5 Å². The van der Waals surface area contributed by atoms with Gasteiger partial charge in [0, 0.05) is 19.2 Å². The fraction of sp³-hybridized carbons (Fsp3) is 0.312. The summed E-state index contributed by atoms with van der Waals surface area (Å²) in [7, 11) is 1.65. The van der Waals surface area contributed by atoms with Crippen LogP contribution in [-0.4, -0.2) is 36.2 Å². The van der Waals surface area contributed by atoms with Gasteiger partial charge in [-0.15, -0.1) is 0 Å². The number of aromatic nitrogens is 2. The number of nitrogens with zero attached hydrogens (tertiary/aromatic N) is 3. The van der Waals surface area contributed by atoms with Crippen molar-refractivity contribution in [2.75, 3.05) is 30.4 Å². The molecule has 3 heterocycles. The number of amides is 1. The van der Waals surface area contributed by atoms with Crippen LogP contribution in [0.15, 0.2) is 28.8 Å². The molecule has 8 heteroatoms. The van der Waals surface area contributed by atoms with Crippen LogP contribution in [0.1, 0.15) is 5.76 Å². The van der Waals surface area contributed by atoms with Gasteiger partial charge < -0.3 is 19.5 Å². The first-order valence-corrected chi connectivity index (χ1v) is 8.38. The average Bonchev–Trinajstić information content (AvgIpc) is 3.10. The number of anilines is 2. The number of nitrogens with one attached hydrogen (secondary N) is 1. The number of benzene rings is 1. The minimum Gasteiger partial charge on any atom is -0.497 e. The van der Waals surface area contributed by atoms with Crippen LogP contribution in [0.3, 0.4) is 0 Å². The van der Waals surface area contributed by atoms with E-state index in [1.165, 1.54) is 0 Å². The van der Waals surface area contributed by atoms with Gasteiger partial charge in [0.2, 0.25) is 5.91 Å². The van der Waals surface area contributed by atoms with E-state index in [1.807, 2.05) is 18.2 Å². The van der Waals surface area contributed by atoms with Crippen LogP contribution < -0.4 is 15.0 Å². The van der Waals surface area contributed by atoms with Crippen molar-refractivity contribution >= 4 is 38.4 Å². The van der Waals surface area contributed by atoms with Crippen molar-refractivity contribution in [1.82, 2.24) is 10.1 Å². The lowest BCUT2D eigenvalue weighted by molar-refractivity contribution is -0.120. The van der Waals surface area contributed by atoms with Crippen molar-refractivity contribution in [3.63, 3.8) is 0 Å². The molecule has 1 aliphatic heterocycles. The third kappa shape index (κ3) is 2.69. The molecule has 0 radical (unpaired) electrons. The zero-order valence-electron chi connectivity index (χ0n) is 13.3. The van der Waals surface area contributed by atoms with Crippen LogP contribution in [0.2, 0.25) is 0 Å². The van der Waals surface area contributed by atoms with Crippen molar-refractivity contribution in [3.8, 4) is 5.75 Å². The van der Waals surface area contributed by atoms with Gasteiger partial charge in [-0.05, 0) is 25.1 Å². The minimum atomic E-state index is -0.0662. The van der Waals surface area contributed by atoms with Crippen LogP contribution in [0.5, 0.6) is 5.75 Å². The second-order valence-corrected chi connectivity index (χ2v) is 6.75. The van der Waals surface area contributed by atoms with Gasteiger partial charge in [0.05, 0.1) is 23.2 Å². The number of rotatable bonds is 4. The van der Waals surface area contributed by atoms with E-state index in [0.717, 1.165) is 21.1 Å². The van der Waals surface area contributed by atoms with E-state index in [-0.39, 0.29) is 11.8 Å². The SMILES string of the molecule is COc1ccc2nc(N3CC(C(=O)Nc4cc(C)on4)C3)sc2c1. The number of carbonyl (C=O) groups excluding carboxylic acids is 1. The van der Waals surface area contributed by atoms with E-state index in [2.05, 4.69) is 20.4 Å². The van der Waals surface area contributed by atoms with Crippen LogP contribution in [0.25, 0.3) is 10.2 Å². The van der Waals surface area contributed by atoms with Crippen LogP contribution >= 0.6 is 11.3 Å². The molecular formula is C16H16N4O3S. The summed E-state index contributed by atoms with van der Waals surface area (Å²) in [5.74, 6) is 1.85. The average molecular weight is 344 g/mol. The third-order valence-electron chi connectivity index (χ3n) is 3.99. The summed E-state index contributed by atoms with van der Waals surface area (Å²) < 4.78 is 11.3. The molecule has 0 unspecified atom stereocenters. The van der Waals surface area contributed by atoms with E-state index < -0.39 is 0 Å². The Morgan fingerprint density at radius 1 is 1.42 bits per heavy atom. The number of ether oxygens (including phenoxy) is 1. The smallest absolute Gasteiger partial charge is 0.232 e. The van der Waals surface area contributed by atoms with E-state index in [1.54, 1.807) is 31.4 Å². The van der Waals surface area contributed by atoms with E-state index in [9.17, 15) is 4.79 Å². The summed E-state index contributed by atoms with van der Waals surface area (Å²) in [4.78, 5) is 18.9. The molecule has 2 aromatic heterocycles. The molecule has 1 N–H and O–H groups in total. The van der Waals surface area contributed by atoms with Crippen LogP contribution in [0.4, 0.5) is 10.9 Å². The van der Waals surface area contributed by atoms with Crippen molar-refractivity contribution in [3.05, 3.63) is 30.0 Å². The first-order valence-electron chi connectivity index (χ1n) is 7.56. The van der Waals surface area contributed by atoms with Crippen molar-refractivity contribution in [1.29, 1.82) is 0 Å². The lowest BCUT2D eigenvalue weighted by Gasteiger charge is -2.37. The summed E-state index contributed by atoms with van der Waals surface area (Å²) >= 11 is 1.61. The highest BCUT2D eigenvalue weighted by Gasteiger charge is 2.34. The molecule has 0 atom stereocenters. The second-order valence-electron chi connectivity index (χ2n) is 5.74. The Kier molecular flexibility index (Phi) is 3.61. The number of hydrogen-bond acceptors (Lipinski definition) is 7. The first kappa shape index (κ1) is 14.9. The minimum absolute atomic E-state index is 0.0395. The van der Waals surface area contributed by atoms with Crippen molar-refractivity contribution < 1.29 is 14.1 Å². The van der Waals surface area contributed by atoms with E-state index in [4.69, 9.17) is 9.26 Å². The zero-order valence-corrected chi connectivity index (χ0v) is 14.1. The van der Waals surface area contributed by atoms with Gasteiger partial charge >= 0.3 is 0 Å². The Balaban J connectivity index is 1.40. The zero-order chi connectivity index (χ0) is 16.7. The number of fused-ring (bicyclic) bond motifs is 1. The lowest BCUT2D eigenvalue weighted by atomic mass is 10.0. The molecule has 0 bridgehead atoms. The van der Waals surface area contributed by atoms with Gasteiger partial charge in [-0.2, -0.15) is 0 Å². The Bertz CT molecular complexity index is 898. The largest absolute Gasteiger partial charge is 0.497 e. The predicted molar refractivity (Wildman–Crippen MR) is 91.7 cm³/mol. The van der Waals surface area contributed by atoms with E-state index in [0.29, 0.717) is 24.7 Å². The fourth-order valence-electron chi connectivity index (χ4n) is 2.61. The summed E-state index contributed by atoms with van der Waals surface area (Å²) in [5.41, 5.74) is 0.946. The molecule has 0 saturated carbocycles. The van der Waals surface area contributed by atoms with Crippen LogP contribution in [0, 0.1) is 12.8 Å². The van der Waals surface area contributed by atoms with Gasteiger partial charge in [-0.25, -0.2) is 4.98 Å². The van der Waals surface area contributed by atoms with E-state index >= 15 is 0 Å². The maximum Gasteiger partial charge on any atom is 0.232 e. The summed E-state index contributed by atoms with van der Waals surface area (Å²) in [6.07, 6.45) is 0. The molecule has 0 spiro atoms. The predicted octanol–water partition coefficient (Wildman–Crippen LogP) is 2.68. The second kappa shape index (κ2) is 5.79. The lowest BCUT2D eigenvalue weighted by Crippen LogP contribution is -2.52. The molecule has 4 rings (SSSR count). The van der Waals surface area contributed by atoms with Gasteiger partial charge in [0.15, 0.2) is 10.9 Å². The van der Waals surface area contributed by atoms with Gasteiger partial charge in [0.25, 0.3) is 0 Å². The maximum absolute atomic E-state index is 12.2. The van der Waals surface area contributed by atoms with Gasteiger partial charge in [-0.1, -0.05) is 16.5 Å². The van der Waals surface area contributed by atoms with Crippen LogP contribution in [-0.2, 0) is 4.79 Å². The standard InChI is InChI=1S/C16H16N4O3S/c1-9-5-14(19-23-9)18-15(21)10-7-20(8-10)16-17-12-4-3-11(22-2)6-13(12)24-16/h3-6,10H,7-8H2,1-2H3,(H,18,19,21). The first-order chi connectivity index (χ1) is 11.6. The Morgan fingerprint density at radius 3 is 2.96 bits per heavy atom. The number of methoxy groups -OCH3 is 1. The Morgan fingerprint density at radius 2 is 2.25 bits per heavy atom. The third-order valence-corrected chi connectivity index (χ3v) is 5.07. The highest BCUT2D eigenvalue weighted by atomic mass is 32.1. The Hall–Kier alpha value is -2.61. The molecule has 1 aliphatic rings. The maximum atomic E-state index is 12.2. The quantitative estimate of drug-likeness (QED) is 0.784. The molecule has 1 amide bonds.